The van der Waals surface area contributed by atoms with Crippen LogP contribution in [0.3, 0.4) is 0 Å². The normalized spacial score (nSPS) is 18.3. The standard InChI is InChI=1S/C11H14BrNO6S/c1-18-7-2-4-13(5-3-7)20(16,17)9-6-8(11(14)15)19-10(9)12/h6-7H,2-5H2,1H3,(H,14,15). The number of aromatic carboxylic acids is 1. The van der Waals surface area contributed by atoms with Crippen molar-refractivity contribution in [1.29, 1.82) is 0 Å². The molecule has 0 saturated carbocycles. The second-order valence-electron chi connectivity index (χ2n) is 4.39. The zero-order chi connectivity index (χ0) is 14.9. The molecule has 0 radical (unpaired) electrons. The number of sulfonamides is 1. The van der Waals surface area contributed by atoms with Gasteiger partial charge in [0, 0.05) is 26.3 Å². The zero-order valence-electron chi connectivity index (χ0n) is 10.7. The lowest BCUT2D eigenvalue weighted by Crippen LogP contribution is -2.40. The van der Waals surface area contributed by atoms with E-state index in [1.807, 2.05) is 0 Å². The number of piperidine rings is 1. The average Bonchev–Trinajstić information content (AvgIpc) is 2.82. The van der Waals surface area contributed by atoms with Crippen LogP contribution in [0.25, 0.3) is 0 Å². The Morgan fingerprint density at radius 1 is 1.50 bits per heavy atom. The van der Waals surface area contributed by atoms with E-state index in [2.05, 4.69) is 15.9 Å². The highest BCUT2D eigenvalue weighted by molar-refractivity contribution is 9.10. The maximum absolute atomic E-state index is 12.4. The fourth-order valence-corrected chi connectivity index (χ4v) is 4.45. The molecule has 2 heterocycles. The molecule has 2 rings (SSSR count). The highest BCUT2D eigenvalue weighted by Crippen LogP contribution is 2.30. The van der Waals surface area contributed by atoms with Crippen LogP contribution in [-0.2, 0) is 14.8 Å². The van der Waals surface area contributed by atoms with E-state index in [-0.39, 0.29) is 15.7 Å². The third-order valence-electron chi connectivity index (χ3n) is 3.22. The molecule has 0 unspecified atom stereocenters. The van der Waals surface area contributed by atoms with Crippen LogP contribution in [0.2, 0.25) is 0 Å². The van der Waals surface area contributed by atoms with Crippen molar-refractivity contribution in [3.63, 3.8) is 0 Å². The van der Waals surface area contributed by atoms with Gasteiger partial charge in [0.15, 0.2) is 4.67 Å². The molecular formula is C11H14BrNO6S. The molecule has 0 spiro atoms. The van der Waals surface area contributed by atoms with Gasteiger partial charge in [0.2, 0.25) is 15.8 Å². The quantitative estimate of drug-likeness (QED) is 0.866. The number of hydrogen-bond donors (Lipinski definition) is 1. The van der Waals surface area contributed by atoms with Gasteiger partial charge in [-0.2, -0.15) is 4.31 Å². The maximum atomic E-state index is 12.4. The summed E-state index contributed by atoms with van der Waals surface area (Å²) < 4.78 is 36.2. The first-order valence-electron chi connectivity index (χ1n) is 5.92. The molecule has 0 bridgehead atoms. The molecule has 1 saturated heterocycles. The topological polar surface area (TPSA) is 97.0 Å². The average molecular weight is 368 g/mol. The number of rotatable bonds is 4. The van der Waals surface area contributed by atoms with Crippen LogP contribution in [0.1, 0.15) is 23.4 Å². The number of nitrogens with zero attached hydrogens (tertiary/aromatic N) is 1. The summed E-state index contributed by atoms with van der Waals surface area (Å²) in [4.78, 5) is 10.7. The SMILES string of the molecule is COC1CCN(S(=O)(=O)c2cc(C(=O)O)oc2Br)CC1. The molecule has 0 atom stereocenters. The van der Waals surface area contributed by atoms with Gasteiger partial charge in [0.1, 0.15) is 4.90 Å². The fraction of sp³-hybridized carbons (Fsp3) is 0.545. The number of halogens is 1. The van der Waals surface area contributed by atoms with Crippen LogP contribution in [0.15, 0.2) is 20.0 Å². The summed E-state index contributed by atoms with van der Waals surface area (Å²) in [5.41, 5.74) is 0. The van der Waals surface area contributed by atoms with Crippen molar-refractivity contribution in [2.24, 2.45) is 0 Å². The minimum atomic E-state index is -3.76. The lowest BCUT2D eigenvalue weighted by atomic mass is 10.1. The smallest absolute Gasteiger partial charge is 0.371 e. The van der Waals surface area contributed by atoms with E-state index < -0.39 is 21.8 Å². The van der Waals surface area contributed by atoms with Crippen molar-refractivity contribution in [3.8, 4) is 0 Å². The molecule has 1 N–H and O–H groups in total. The molecule has 1 aromatic heterocycles. The van der Waals surface area contributed by atoms with Gasteiger partial charge in [0.05, 0.1) is 6.10 Å². The van der Waals surface area contributed by atoms with Gasteiger partial charge >= 0.3 is 5.97 Å². The van der Waals surface area contributed by atoms with Gasteiger partial charge in [-0.15, -0.1) is 0 Å². The first-order valence-corrected chi connectivity index (χ1v) is 8.15. The number of ether oxygens (including phenoxy) is 1. The molecule has 1 aliphatic rings. The molecule has 1 fully saturated rings. The molecule has 0 aliphatic carbocycles. The number of furan rings is 1. The van der Waals surface area contributed by atoms with E-state index >= 15 is 0 Å². The van der Waals surface area contributed by atoms with Gasteiger partial charge in [-0.25, -0.2) is 13.2 Å². The fourth-order valence-electron chi connectivity index (χ4n) is 2.08. The predicted octanol–water partition coefficient (Wildman–Crippen LogP) is 1.54. The summed E-state index contributed by atoms with van der Waals surface area (Å²) in [6.07, 6.45) is 1.28. The predicted molar refractivity (Wildman–Crippen MR) is 72.2 cm³/mol. The van der Waals surface area contributed by atoms with Crippen molar-refractivity contribution < 1.29 is 27.5 Å². The zero-order valence-corrected chi connectivity index (χ0v) is 13.1. The van der Waals surface area contributed by atoms with E-state index in [9.17, 15) is 13.2 Å². The summed E-state index contributed by atoms with van der Waals surface area (Å²) >= 11 is 2.95. The monoisotopic (exact) mass is 367 g/mol. The maximum Gasteiger partial charge on any atom is 0.371 e. The van der Waals surface area contributed by atoms with E-state index in [4.69, 9.17) is 14.3 Å². The van der Waals surface area contributed by atoms with Gasteiger partial charge in [-0.1, -0.05) is 0 Å². The molecule has 112 valence electrons. The molecule has 7 nitrogen and oxygen atoms in total. The van der Waals surface area contributed by atoms with Crippen LogP contribution >= 0.6 is 15.9 Å². The van der Waals surface area contributed by atoms with E-state index in [1.54, 1.807) is 7.11 Å². The second-order valence-corrected chi connectivity index (χ2v) is 7.02. The Labute approximate surface area is 124 Å². The Balaban J connectivity index is 2.25. The van der Waals surface area contributed by atoms with Crippen LogP contribution in [0.5, 0.6) is 0 Å². The Morgan fingerprint density at radius 2 is 2.10 bits per heavy atom. The van der Waals surface area contributed by atoms with Crippen molar-refractivity contribution in [1.82, 2.24) is 4.31 Å². The van der Waals surface area contributed by atoms with Crippen molar-refractivity contribution in [2.75, 3.05) is 20.2 Å². The summed E-state index contributed by atoms with van der Waals surface area (Å²) in [7, 11) is -2.17. The first kappa shape index (κ1) is 15.5. The molecular weight excluding hydrogens is 354 g/mol. The number of carboxylic acid groups (broad SMARTS) is 1. The van der Waals surface area contributed by atoms with Crippen molar-refractivity contribution >= 4 is 31.9 Å². The summed E-state index contributed by atoms with van der Waals surface area (Å²) in [5.74, 6) is -1.73. The van der Waals surface area contributed by atoms with E-state index in [0.29, 0.717) is 25.9 Å². The Bertz CT molecular complexity index is 602. The van der Waals surface area contributed by atoms with Crippen LogP contribution in [0, 0.1) is 0 Å². The third kappa shape index (κ3) is 2.90. The summed E-state index contributed by atoms with van der Waals surface area (Å²) in [6, 6.07) is 1.02. The highest BCUT2D eigenvalue weighted by atomic mass is 79.9. The van der Waals surface area contributed by atoms with Gasteiger partial charge < -0.3 is 14.3 Å². The summed E-state index contributed by atoms with van der Waals surface area (Å²) in [6.45, 7) is 0.668. The molecule has 0 aromatic carbocycles. The van der Waals surface area contributed by atoms with Crippen molar-refractivity contribution in [2.45, 2.75) is 23.8 Å². The van der Waals surface area contributed by atoms with Crippen molar-refractivity contribution in [3.05, 3.63) is 16.5 Å². The lowest BCUT2D eigenvalue weighted by molar-refractivity contribution is 0.0604. The number of carboxylic acids is 1. The van der Waals surface area contributed by atoms with Gasteiger partial charge in [-0.3, -0.25) is 0 Å². The highest BCUT2D eigenvalue weighted by Gasteiger charge is 2.33. The number of carbonyl (C=O) groups is 1. The summed E-state index contributed by atoms with van der Waals surface area (Å²) in [5, 5.41) is 8.83. The molecule has 1 aliphatic heterocycles. The first-order chi connectivity index (χ1) is 9.36. The molecule has 9 heteroatoms. The minimum absolute atomic E-state index is 0.0591. The Morgan fingerprint density at radius 3 is 2.55 bits per heavy atom. The van der Waals surface area contributed by atoms with Crippen LogP contribution in [-0.4, -0.2) is 50.1 Å². The molecule has 1 aromatic rings. The molecule has 20 heavy (non-hydrogen) atoms. The second kappa shape index (κ2) is 5.84. The Hall–Kier alpha value is -0.900. The minimum Gasteiger partial charge on any atom is -0.475 e. The van der Waals surface area contributed by atoms with Gasteiger partial charge in [-0.05, 0) is 28.8 Å². The molecule has 0 amide bonds. The third-order valence-corrected chi connectivity index (χ3v) is 5.97. The van der Waals surface area contributed by atoms with E-state index in [0.717, 1.165) is 6.07 Å². The number of methoxy groups -OCH3 is 1. The van der Waals surface area contributed by atoms with E-state index in [1.165, 1.54) is 4.31 Å². The lowest BCUT2D eigenvalue weighted by Gasteiger charge is -2.30. The largest absolute Gasteiger partial charge is 0.475 e. The van der Waals surface area contributed by atoms with Gasteiger partial charge in [0.25, 0.3) is 0 Å². The Kier molecular flexibility index (Phi) is 4.52. The number of hydrogen-bond acceptors (Lipinski definition) is 5. The van der Waals surface area contributed by atoms with Crippen LogP contribution in [0.4, 0.5) is 0 Å². The van der Waals surface area contributed by atoms with Crippen LogP contribution < -0.4 is 0 Å².